The van der Waals surface area contributed by atoms with E-state index in [0.717, 1.165) is 13.0 Å². The number of benzene rings is 1. The van der Waals surface area contributed by atoms with Crippen molar-refractivity contribution in [1.82, 2.24) is 0 Å². The van der Waals surface area contributed by atoms with Crippen molar-refractivity contribution in [2.24, 2.45) is 5.73 Å². The van der Waals surface area contributed by atoms with Gasteiger partial charge in [0.1, 0.15) is 0 Å². The number of hydrogen-bond acceptors (Lipinski definition) is 2. The molecule has 0 aromatic heterocycles. The van der Waals surface area contributed by atoms with Gasteiger partial charge in [0, 0.05) is 24.8 Å². The monoisotopic (exact) mass is 204 g/mol. The lowest BCUT2D eigenvalue weighted by atomic mass is 10.0. The Morgan fingerprint density at radius 3 is 2.93 bits per heavy atom. The molecule has 0 spiro atoms. The van der Waals surface area contributed by atoms with Gasteiger partial charge >= 0.3 is 0 Å². The zero-order chi connectivity index (χ0) is 10.8. The maximum Gasteiger partial charge on any atom is 0.0399 e. The van der Waals surface area contributed by atoms with Crippen molar-refractivity contribution in [3.8, 4) is 0 Å². The average Bonchev–Trinajstić information content (AvgIpc) is 2.58. The number of anilines is 1. The molecular formula is C13H20N2. The van der Waals surface area contributed by atoms with E-state index in [4.69, 9.17) is 5.73 Å². The molecule has 2 nitrogen and oxygen atoms in total. The summed E-state index contributed by atoms with van der Waals surface area (Å²) in [6, 6.07) is 7.06. The first-order valence-electron chi connectivity index (χ1n) is 5.83. The molecule has 1 aromatic carbocycles. The largest absolute Gasteiger partial charge is 0.371 e. The molecule has 1 aromatic rings. The van der Waals surface area contributed by atoms with Crippen molar-refractivity contribution in [2.75, 3.05) is 18.0 Å². The number of nitrogens with zero attached hydrogens (tertiary/aromatic N) is 1. The summed E-state index contributed by atoms with van der Waals surface area (Å²) < 4.78 is 0. The lowest BCUT2D eigenvalue weighted by Crippen LogP contribution is -2.19. The Hall–Kier alpha value is -1.02. The van der Waals surface area contributed by atoms with E-state index in [-0.39, 0.29) is 6.04 Å². The molecule has 0 amide bonds. The zero-order valence-electron chi connectivity index (χ0n) is 9.66. The number of nitrogens with two attached hydrogens (primary N) is 1. The Morgan fingerprint density at radius 2 is 2.27 bits per heavy atom. The molecule has 0 bridgehead atoms. The summed E-state index contributed by atoms with van der Waals surface area (Å²) in [4.78, 5) is 2.44. The van der Waals surface area contributed by atoms with E-state index in [2.05, 4.69) is 36.9 Å². The molecule has 2 rings (SSSR count). The first kappa shape index (κ1) is 10.5. The van der Waals surface area contributed by atoms with Gasteiger partial charge in [0.15, 0.2) is 0 Å². The Bertz CT molecular complexity index is 344. The molecule has 1 atom stereocenters. The summed E-state index contributed by atoms with van der Waals surface area (Å²) in [5, 5.41) is 0. The number of hydrogen-bond donors (Lipinski definition) is 1. The maximum absolute atomic E-state index is 5.81. The first-order valence-corrected chi connectivity index (χ1v) is 5.83. The van der Waals surface area contributed by atoms with Crippen LogP contribution in [0.4, 0.5) is 5.69 Å². The van der Waals surface area contributed by atoms with Gasteiger partial charge in [0.2, 0.25) is 0 Å². The van der Waals surface area contributed by atoms with Crippen molar-refractivity contribution in [3.63, 3.8) is 0 Å². The highest BCUT2D eigenvalue weighted by Crippen LogP contribution is 2.28. The SMILES string of the molecule is CCN1CCc2cc(C[C@@H](C)N)ccc21. The number of likely N-dealkylation sites (N-methyl/N-ethyl adjacent to an activating group) is 1. The van der Waals surface area contributed by atoms with Crippen molar-refractivity contribution in [3.05, 3.63) is 29.3 Å². The molecule has 0 saturated heterocycles. The Kier molecular flexibility index (Phi) is 2.96. The van der Waals surface area contributed by atoms with Crippen LogP contribution in [0, 0.1) is 0 Å². The fourth-order valence-electron chi connectivity index (χ4n) is 2.35. The lowest BCUT2D eigenvalue weighted by molar-refractivity contribution is 0.737. The molecular weight excluding hydrogens is 184 g/mol. The molecule has 82 valence electrons. The quantitative estimate of drug-likeness (QED) is 0.815. The van der Waals surface area contributed by atoms with E-state index in [0.29, 0.717) is 0 Å². The van der Waals surface area contributed by atoms with Crippen LogP contribution in [0.3, 0.4) is 0 Å². The summed E-state index contributed by atoms with van der Waals surface area (Å²) in [7, 11) is 0. The van der Waals surface area contributed by atoms with Crippen LogP contribution in [0.25, 0.3) is 0 Å². The Labute approximate surface area is 92.1 Å². The van der Waals surface area contributed by atoms with Crippen LogP contribution in [-0.4, -0.2) is 19.1 Å². The second-order valence-corrected chi connectivity index (χ2v) is 4.47. The van der Waals surface area contributed by atoms with Crippen molar-refractivity contribution < 1.29 is 0 Å². The van der Waals surface area contributed by atoms with Gasteiger partial charge in [0.05, 0.1) is 0 Å². The fourth-order valence-corrected chi connectivity index (χ4v) is 2.35. The van der Waals surface area contributed by atoms with Crippen LogP contribution in [-0.2, 0) is 12.8 Å². The van der Waals surface area contributed by atoms with E-state index in [9.17, 15) is 0 Å². The van der Waals surface area contributed by atoms with Gasteiger partial charge in [-0.2, -0.15) is 0 Å². The predicted molar refractivity (Wildman–Crippen MR) is 65.4 cm³/mol. The number of rotatable bonds is 3. The Balaban J connectivity index is 2.21. The molecule has 1 aliphatic rings. The normalized spacial score (nSPS) is 16.6. The van der Waals surface area contributed by atoms with Crippen molar-refractivity contribution >= 4 is 5.69 Å². The number of fused-ring (bicyclic) bond motifs is 1. The lowest BCUT2D eigenvalue weighted by Gasteiger charge is -2.16. The second-order valence-electron chi connectivity index (χ2n) is 4.47. The minimum absolute atomic E-state index is 0.256. The van der Waals surface area contributed by atoms with E-state index >= 15 is 0 Å². The van der Waals surface area contributed by atoms with Crippen LogP contribution in [0.2, 0.25) is 0 Å². The van der Waals surface area contributed by atoms with Gasteiger partial charge in [-0.25, -0.2) is 0 Å². The highest BCUT2D eigenvalue weighted by Gasteiger charge is 2.17. The third-order valence-electron chi connectivity index (χ3n) is 3.08. The Morgan fingerprint density at radius 1 is 1.47 bits per heavy atom. The van der Waals surface area contributed by atoms with Crippen LogP contribution in [0.1, 0.15) is 25.0 Å². The van der Waals surface area contributed by atoms with Gasteiger partial charge < -0.3 is 10.6 Å². The molecule has 0 aliphatic carbocycles. The van der Waals surface area contributed by atoms with Crippen LogP contribution >= 0.6 is 0 Å². The first-order chi connectivity index (χ1) is 7.20. The summed E-state index contributed by atoms with van der Waals surface area (Å²) >= 11 is 0. The molecule has 1 heterocycles. The summed E-state index contributed by atoms with van der Waals surface area (Å²) in [5.74, 6) is 0. The topological polar surface area (TPSA) is 29.3 Å². The minimum Gasteiger partial charge on any atom is -0.371 e. The van der Waals surface area contributed by atoms with Crippen molar-refractivity contribution in [1.29, 1.82) is 0 Å². The smallest absolute Gasteiger partial charge is 0.0399 e. The molecule has 0 unspecified atom stereocenters. The highest BCUT2D eigenvalue weighted by molar-refractivity contribution is 5.59. The van der Waals surface area contributed by atoms with Gasteiger partial charge in [0.25, 0.3) is 0 Å². The van der Waals surface area contributed by atoms with E-state index < -0.39 is 0 Å². The molecule has 0 radical (unpaired) electrons. The standard InChI is InChI=1S/C13H20N2/c1-3-15-7-6-12-9-11(8-10(2)14)4-5-13(12)15/h4-5,9-10H,3,6-8,14H2,1-2H3/t10-/m1/s1. The van der Waals surface area contributed by atoms with Gasteiger partial charge in [-0.1, -0.05) is 12.1 Å². The molecule has 2 heteroatoms. The zero-order valence-corrected chi connectivity index (χ0v) is 9.66. The summed E-state index contributed by atoms with van der Waals surface area (Å²) in [6.07, 6.45) is 2.18. The van der Waals surface area contributed by atoms with E-state index in [1.165, 1.54) is 29.8 Å². The molecule has 1 aliphatic heterocycles. The highest BCUT2D eigenvalue weighted by atomic mass is 15.1. The van der Waals surface area contributed by atoms with Gasteiger partial charge in [-0.3, -0.25) is 0 Å². The molecule has 0 fully saturated rings. The van der Waals surface area contributed by atoms with Gasteiger partial charge in [-0.05, 0) is 43.9 Å². The third-order valence-corrected chi connectivity index (χ3v) is 3.08. The van der Waals surface area contributed by atoms with Crippen molar-refractivity contribution in [2.45, 2.75) is 32.7 Å². The van der Waals surface area contributed by atoms with Gasteiger partial charge in [-0.15, -0.1) is 0 Å². The maximum atomic E-state index is 5.81. The van der Waals surface area contributed by atoms with Crippen LogP contribution < -0.4 is 10.6 Å². The summed E-state index contributed by atoms with van der Waals surface area (Å²) in [5.41, 5.74) is 10.1. The molecule has 2 N–H and O–H groups in total. The van der Waals surface area contributed by atoms with E-state index in [1.807, 2.05) is 0 Å². The predicted octanol–water partition coefficient (Wildman–Crippen LogP) is 1.96. The summed E-state index contributed by atoms with van der Waals surface area (Å²) in [6.45, 7) is 6.56. The van der Waals surface area contributed by atoms with Crippen LogP contribution in [0.5, 0.6) is 0 Å². The average molecular weight is 204 g/mol. The fraction of sp³-hybridized carbons (Fsp3) is 0.538. The molecule has 0 saturated carbocycles. The van der Waals surface area contributed by atoms with E-state index in [1.54, 1.807) is 0 Å². The van der Waals surface area contributed by atoms with Crippen LogP contribution in [0.15, 0.2) is 18.2 Å². The molecule has 15 heavy (non-hydrogen) atoms. The second kappa shape index (κ2) is 4.23. The third kappa shape index (κ3) is 2.15. The minimum atomic E-state index is 0.256.